The highest BCUT2D eigenvalue weighted by Crippen LogP contribution is 2.20. The number of thioether (sulfide) groups is 1. The molecule has 1 heterocycles. The first-order valence-electron chi connectivity index (χ1n) is 5.72. The molecule has 5 heteroatoms. The summed E-state index contributed by atoms with van der Waals surface area (Å²) in [4.78, 5) is 13.7. The molecule has 16 heavy (non-hydrogen) atoms. The standard InChI is InChI=1S/C11H22N2O2S/c1-11(15)5-3-6-13(8-11)10(14)9(12)4-7-16-2/h9,15H,3-8,12H2,1-2H3/t9-,11?/m0/s1. The van der Waals surface area contributed by atoms with Crippen molar-refractivity contribution in [3.63, 3.8) is 0 Å². The summed E-state index contributed by atoms with van der Waals surface area (Å²) >= 11 is 1.69. The molecule has 0 aromatic rings. The zero-order chi connectivity index (χ0) is 12.2. The van der Waals surface area contributed by atoms with Crippen LogP contribution in [-0.2, 0) is 4.79 Å². The molecule has 1 unspecified atom stereocenters. The predicted molar refractivity (Wildman–Crippen MR) is 67.4 cm³/mol. The Morgan fingerprint density at radius 1 is 1.69 bits per heavy atom. The van der Waals surface area contributed by atoms with Crippen LogP contribution in [0.3, 0.4) is 0 Å². The summed E-state index contributed by atoms with van der Waals surface area (Å²) in [7, 11) is 0. The maximum Gasteiger partial charge on any atom is 0.239 e. The quantitative estimate of drug-likeness (QED) is 0.755. The fourth-order valence-electron chi connectivity index (χ4n) is 2.01. The Morgan fingerprint density at radius 3 is 2.94 bits per heavy atom. The summed E-state index contributed by atoms with van der Waals surface area (Å²) in [6, 6.07) is -0.415. The van der Waals surface area contributed by atoms with Gasteiger partial charge in [-0.2, -0.15) is 11.8 Å². The van der Waals surface area contributed by atoms with Crippen LogP contribution in [0.25, 0.3) is 0 Å². The molecule has 0 bridgehead atoms. The summed E-state index contributed by atoms with van der Waals surface area (Å²) in [5.41, 5.74) is 5.09. The molecule has 1 amide bonds. The van der Waals surface area contributed by atoms with Crippen LogP contribution in [0.5, 0.6) is 0 Å². The van der Waals surface area contributed by atoms with Crippen molar-refractivity contribution in [3.8, 4) is 0 Å². The molecule has 0 radical (unpaired) electrons. The Kier molecular flexibility index (Phi) is 5.08. The number of carbonyl (C=O) groups excluding carboxylic acids is 1. The van der Waals surface area contributed by atoms with Gasteiger partial charge < -0.3 is 15.7 Å². The van der Waals surface area contributed by atoms with Crippen LogP contribution in [0.4, 0.5) is 0 Å². The zero-order valence-electron chi connectivity index (χ0n) is 10.1. The van der Waals surface area contributed by atoms with Gasteiger partial charge in [0.1, 0.15) is 0 Å². The van der Waals surface area contributed by atoms with Crippen LogP contribution in [0, 0.1) is 0 Å². The first-order valence-corrected chi connectivity index (χ1v) is 7.11. The topological polar surface area (TPSA) is 66.6 Å². The molecular formula is C11H22N2O2S. The van der Waals surface area contributed by atoms with E-state index in [-0.39, 0.29) is 5.91 Å². The van der Waals surface area contributed by atoms with E-state index in [9.17, 15) is 9.90 Å². The molecule has 0 spiro atoms. The van der Waals surface area contributed by atoms with E-state index >= 15 is 0 Å². The van der Waals surface area contributed by atoms with Gasteiger partial charge in [0.15, 0.2) is 0 Å². The molecule has 2 atom stereocenters. The average Bonchev–Trinajstić information content (AvgIpc) is 2.23. The fourth-order valence-corrected chi connectivity index (χ4v) is 2.50. The van der Waals surface area contributed by atoms with Crippen LogP contribution in [0.15, 0.2) is 0 Å². The van der Waals surface area contributed by atoms with Crippen molar-refractivity contribution in [2.45, 2.75) is 37.8 Å². The van der Waals surface area contributed by atoms with Gasteiger partial charge in [-0.05, 0) is 38.2 Å². The number of carbonyl (C=O) groups is 1. The zero-order valence-corrected chi connectivity index (χ0v) is 10.9. The average molecular weight is 246 g/mol. The van der Waals surface area contributed by atoms with Gasteiger partial charge in [0.25, 0.3) is 0 Å². The fraction of sp³-hybridized carbons (Fsp3) is 0.909. The molecule has 0 aromatic heterocycles. The van der Waals surface area contributed by atoms with Gasteiger partial charge in [-0.1, -0.05) is 0 Å². The Labute approximate surface area is 102 Å². The molecule has 1 aliphatic rings. The highest BCUT2D eigenvalue weighted by Gasteiger charge is 2.32. The van der Waals surface area contributed by atoms with Crippen molar-refractivity contribution >= 4 is 17.7 Å². The summed E-state index contributed by atoms with van der Waals surface area (Å²) in [5.74, 6) is 0.881. The lowest BCUT2D eigenvalue weighted by molar-refractivity contribution is -0.138. The summed E-state index contributed by atoms with van der Waals surface area (Å²) in [5, 5.41) is 9.91. The highest BCUT2D eigenvalue weighted by atomic mass is 32.2. The van der Waals surface area contributed by atoms with Crippen LogP contribution in [-0.4, -0.2) is 52.7 Å². The molecule has 1 fully saturated rings. The van der Waals surface area contributed by atoms with Crippen LogP contribution in [0.1, 0.15) is 26.2 Å². The summed E-state index contributed by atoms with van der Waals surface area (Å²) < 4.78 is 0. The highest BCUT2D eigenvalue weighted by molar-refractivity contribution is 7.98. The second-order valence-corrected chi connectivity index (χ2v) is 5.73. The lowest BCUT2D eigenvalue weighted by Gasteiger charge is -2.37. The number of likely N-dealkylation sites (tertiary alicyclic amines) is 1. The van der Waals surface area contributed by atoms with Crippen molar-refractivity contribution in [2.24, 2.45) is 5.73 Å². The van der Waals surface area contributed by atoms with Crippen LogP contribution >= 0.6 is 11.8 Å². The number of hydrogen-bond acceptors (Lipinski definition) is 4. The van der Waals surface area contributed by atoms with Crippen LogP contribution in [0.2, 0.25) is 0 Å². The Morgan fingerprint density at radius 2 is 2.38 bits per heavy atom. The molecular weight excluding hydrogens is 224 g/mol. The summed E-state index contributed by atoms with van der Waals surface area (Å²) in [6.07, 6.45) is 4.33. The van der Waals surface area contributed by atoms with Gasteiger partial charge in [0.2, 0.25) is 5.91 Å². The van der Waals surface area contributed by atoms with Gasteiger partial charge >= 0.3 is 0 Å². The van der Waals surface area contributed by atoms with E-state index in [1.807, 2.05) is 6.26 Å². The minimum Gasteiger partial charge on any atom is -0.388 e. The van der Waals surface area contributed by atoms with Crippen molar-refractivity contribution in [2.75, 3.05) is 25.1 Å². The van der Waals surface area contributed by atoms with Crippen molar-refractivity contribution in [1.82, 2.24) is 4.90 Å². The number of β-amino-alcohol motifs (C(OH)–C–C–N with tert-alkyl or cyclic N) is 1. The maximum atomic E-state index is 12.0. The molecule has 4 nitrogen and oxygen atoms in total. The van der Waals surface area contributed by atoms with Crippen molar-refractivity contribution in [1.29, 1.82) is 0 Å². The minimum absolute atomic E-state index is 0.0194. The number of nitrogens with two attached hydrogens (primary N) is 1. The Hall–Kier alpha value is -0.260. The SMILES string of the molecule is CSCC[C@H](N)C(=O)N1CCCC(C)(O)C1. The molecule has 0 aliphatic carbocycles. The summed E-state index contributed by atoms with van der Waals surface area (Å²) in [6.45, 7) is 2.92. The second-order valence-electron chi connectivity index (χ2n) is 4.75. The molecule has 3 N–H and O–H groups in total. The van der Waals surface area contributed by atoms with Gasteiger partial charge in [0.05, 0.1) is 11.6 Å². The van der Waals surface area contributed by atoms with E-state index in [2.05, 4.69) is 0 Å². The van der Waals surface area contributed by atoms with Gasteiger partial charge in [-0.25, -0.2) is 0 Å². The third-order valence-electron chi connectivity index (χ3n) is 2.94. The van der Waals surface area contributed by atoms with E-state index in [0.717, 1.165) is 25.1 Å². The number of hydrogen-bond donors (Lipinski definition) is 2. The number of aliphatic hydroxyl groups is 1. The van der Waals surface area contributed by atoms with E-state index < -0.39 is 11.6 Å². The van der Waals surface area contributed by atoms with Crippen LogP contribution < -0.4 is 5.73 Å². The molecule has 94 valence electrons. The lowest BCUT2D eigenvalue weighted by atomic mass is 9.94. The van der Waals surface area contributed by atoms with Gasteiger partial charge in [-0.15, -0.1) is 0 Å². The lowest BCUT2D eigenvalue weighted by Crippen LogP contribution is -2.53. The molecule has 0 saturated carbocycles. The largest absolute Gasteiger partial charge is 0.388 e. The Bertz CT molecular complexity index is 246. The maximum absolute atomic E-state index is 12.0. The predicted octanol–water partition coefficient (Wildman–Crippen LogP) is 0.440. The van der Waals surface area contributed by atoms with E-state index in [1.54, 1.807) is 23.6 Å². The third-order valence-corrected chi connectivity index (χ3v) is 3.58. The number of rotatable bonds is 4. The van der Waals surface area contributed by atoms with Crippen molar-refractivity contribution in [3.05, 3.63) is 0 Å². The van der Waals surface area contributed by atoms with E-state index in [4.69, 9.17) is 5.73 Å². The molecule has 1 rings (SSSR count). The van der Waals surface area contributed by atoms with E-state index in [1.165, 1.54) is 0 Å². The second kappa shape index (κ2) is 5.89. The molecule has 1 saturated heterocycles. The third kappa shape index (κ3) is 3.96. The monoisotopic (exact) mass is 246 g/mol. The smallest absolute Gasteiger partial charge is 0.239 e. The molecule has 0 aromatic carbocycles. The minimum atomic E-state index is -0.743. The van der Waals surface area contributed by atoms with Gasteiger partial charge in [-0.3, -0.25) is 4.79 Å². The first kappa shape index (κ1) is 13.8. The molecule has 1 aliphatic heterocycles. The van der Waals surface area contributed by atoms with Crippen molar-refractivity contribution < 1.29 is 9.90 Å². The number of amides is 1. The Balaban J connectivity index is 2.46. The first-order chi connectivity index (χ1) is 7.46. The van der Waals surface area contributed by atoms with Gasteiger partial charge in [0, 0.05) is 13.1 Å². The number of piperidine rings is 1. The normalized spacial score (nSPS) is 27.9. The number of nitrogens with zero attached hydrogens (tertiary/aromatic N) is 1. The van der Waals surface area contributed by atoms with E-state index in [0.29, 0.717) is 13.0 Å².